The van der Waals surface area contributed by atoms with Crippen LogP contribution in [0.3, 0.4) is 0 Å². The van der Waals surface area contributed by atoms with E-state index >= 15 is 0 Å². The van der Waals surface area contributed by atoms with Gasteiger partial charge in [-0.2, -0.15) is 13.2 Å². The zero-order chi connectivity index (χ0) is 17.3. The zero-order valence-corrected chi connectivity index (χ0v) is 12.8. The molecule has 23 heavy (non-hydrogen) atoms. The fourth-order valence-electron chi connectivity index (χ4n) is 1.81. The molecule has 130 valence electrons. The number of urea groups is 1. The van der Waals surface area contributed by atoms with Crippen LogP contribution in [-0.2, 0) is 4.74 Å². The maximum absolute atomic E-state index is 13.2. The summed E-state index contributed by atoms with van der Waals surface area (Å²) in [4.78, 5) is 11.6. The van der Waals surface area contributed by atoms with Crippen LogP contribution in [0.25, 0.3) is 0 Å². The second-order valence-corrected chi connectivity index (χ2v) is 4.81. The van der Waals surface area contributed by atoms with E-state index in [1.165, 1.54) is 12.1 Å². The second kappa shape index (κ2) is 9.34. The number of carbonyl (C=O) groups is 1. The van der Waals surface area contributed by atoms with E-state index in [1.807, 2.05) is 6.92 Å². The van der Waals surface area contributed by atoms with Gasteiger partial charge in [0, 0.05) is 25.4 Å². The number of alkyl halides is 4. The molecule has 2 amide bonds. The third-order valence-corrected chi connectivity index (χ3v) is 2.93. The van der Waals surface area contributed by atoms with Crippen LogP contribution in [0.5, 0.6) is 0 Å². The highest BCUT2D eigenvalue weighted by Crippen LogP contribution is 2.36. The Balaban J connectivity index is 2.43. The molecule has 0 bridgehead atoms. The first kappa shape index (κ1) is 19.2. The van der Waals surface area contributed by atoms with Crippen molar-refractivity contribution in [2.45, 2.75) is 32.1 Å². The van der Waals surface area contributed by atoms with Crippen LogP contribution in [0.4, 0.5) is 28.0 Å². The second-order valence-electron chi connectivity index (χ2n) is 4.81. The normalized spacial score (nSPS) is 12.7. The molecule has 1 rings (SSSR count). The van der Waals surface area contributed by atoms with Gasteiger partial charge in [0.05, 0.1) is 0 Å². The van der Waals surface area contributed by atoms with E-state index in [1.54, 1.807) is 0 Å². The highest BCUT2D eigenvalue weighted by molar-refractivity contribution is 5.89. The Hall–Kier alpha value is -1.83. The number of ether oxygens (including phenoxy) is 1. The maximum Gasteiger partial charge on any atom is 0.423 e. The van der Waals surface area contributed by atoms with Crippen molar-refractivity contribution in [1.82, 2.24) is 5.32 Å². The minimum absolute atomic E-state index is 0.0983. The number of rotatable bonds is 8. The number of hydrogen-bond donors (Lipinski definition) is 2. The van der Waals surface area contributed by atoms with Gasteiger partial charge < -0.3 is 15.4 Å². The van der Waals surface area contributed by atoms with E-state index in [-0.39, 0.29) is 5.69 Å². The minimum atomic E-state index is -4.97. The topological polar surface area (TPSA) is 50.4 Å². The van der Waals surface area contributed by atoms with Crippen LogP contribution < -0.4 is 10.6 Å². The molecule has 1 aromatic rings. The van der Waals surface area contributed by atoms with Crippen molar-refractivity contribution in [3.05, 3.63) is 29.8 Å². The molecular formula is C15H20F4N2O2. The van der Waals surface area contributed by atoms with E-state index in [2.05, 4.69) is 10.6 Å². The molecule has 0 aliphatic heterocycles. The highest BCUT2D eigenvalue weighted by atomic mass is 19.4. The lowest BCUT2D eigenvalue weighted by molar-refractivity contribution is -0.182. The molecule has 0 radical (unpaired) electrons. The highest BCUT2D eigenvalue weighted by Gasteiger charge is 2.41. The van der Waals surface area contributed by atoms with Gasteiger partial charge >= 0.3 is 12.2 Å². The number of benzene rings is 1. The van der Waals surface area contributed by atoms with E-state index in [4.69, 9.17) is 4.74 Å². The molecule has 0 aliphatic carbocycles. The molecule has 0 heterocycles. The van der Waals surface area contributed by atoms with Gasteiger partial charge in [-0.15, -0.1) is 0 Å². The third kappa shape index (κ3) is 7.32. The number of anilines is 1. The summed E-state index contributed by atoms with van der Waals surface area (Å²) in [6.45, 7) is 3.54. The quantitative estimate of drug-likeness (QED) is 0.552. The van der Waals surface area contributed by atoms with E-state index in [9.17, 15) is 22.4 Å². The molecule has 0 saturated carbocycles. The first-order valence-corrected chi connectivity index (χ1v) is 7.28. The number of amides is 2. The van der Waals surface area contributed by atoms with Crippen molar-refractivity contribution in [2.24, 2.45) is 0 Å². The van der Waals surface area contributed by atoms with E-state index < -0.39 is 23.9 Å². The number of carbonyl (C=O) groups excluding carboxylic acids is 1. The Labute approximate surface area is 132 Å². The Bertz CT molecular complexity index is 495. The number of hydrogen-bond acceptors (Lipinski definition) is 2. The van der Waals surface area contributed by atoms with Crippen LogP contribution in [0.15, 0.2) is 24.3 Å². The van der Waals surface area contributed by atoms with Gasteiger partial charge in [0.1, 0.15) is 0 Å². The molecule has 0 fully saturated rings. The Morgan fingerprint density at radius 1 is 1.30 bits per heavy atom. The molecule has 1 unspecified atom stereocenters. The van der Waals surface area contributed by atoms with Crippen LogP contribution in [0.2, 0.25) is 0 Å². The molecule has 2 N–H and O–H groups in total. The largest absolute Gasteiger partial charge is 0.423 e. The van der Waals surface area contributed by atoms with Gasteiger partial charge in [-0.25, -0.2) is 9.18 Å². The van der Waals surface area contributed by atoms with Gasteiger partial charge in [-0.3, -0.25) is 0 Å². The standard InChI is InChI=1S/C15H20F4N2O2/c1-2-23-9-4-3-8-20-14(22)21-12-7-5-6-11(10-12)13(16)15(17,18)19/h5-7,10,13H,2-4,8-9H2,1H3,(H2,20,21,22). The van der Waals surface area contributed by atoms with Crippen LogP contribution >= 0.6 is 0 Å². The molecule has 0 spiro atoms. The third-order valence-electron chi connectivity index (χ3n) is 2.93. The summed E-state index contributed by atoms with van der Waals surface area (Å²) in [6, 6.07) is 4.08. The van der Waals surface area contributed by atoms with Crippen molar-refractivity contribution in [1.29, 1.82) is 0 Å². The lowest BCUT2D eigenvalue weighted by Gasteiger charge is -2.14. The van der Waals surface area contributed by atoms with Crippen molar-refractivity contribution < 1.29 is 27.1 Å². The van der Waals surface area contributed by atoms with E-state index in [0.717, 1.165) is 18.6 Å². The lowest BCUT2D eigenvalue weighted by atomic mass is 10.1. The summed E-state index contributed by atoms with van der Waals surface area (Å²) in [5.41, 5.74) is -0.451. The Morgan fingerprint density at radius 3 is 2.70 bits per heavy atom. The average molecular weight is 336 g/mol. The molecule has 1 aromatic carbocycles. The minimum Gasteiger partial charge on any atom is -0.382 e. The number of nitrogens with one attached hydrogen (secondary N) is 2. The molecule has 0 aromatic heterocycles. The van der Waals surface area contributed by atoms with Crippen LogP contribution in [0, 0.1) is 0 Å². The molecule has 4 nitrogen and oxygen atoms in total. The van der Waals surface area contributed by atoms with Gasteiger partial charge in [0.25, 0.3) is 0 Å². The SMILES string of the molecule is CCOCCCCNC(=O)Nc1cccc(C(F)C(F)(F)F)c1. The lowest BCUT2D eigenvalue weighted by Crippen LogP contribution is -2.29. The maximum atomic E-state index is 13.2. The number of unbranched alkanes of at least 4 members (excludes halogenated alkanes) is 1. The fourth-order valence-corrected chi connectivity index (χ4v) is 1.81. The van der Waals surface area contributed by atoms with Crippen molar-refractivity contribution in [3.8, 4) is 0 Å². The zero-order valence-electron chi connectivity index (χ0n) is 12.8. The monoisotopic (exact) mass is 336 g/mol. The molecule has 8 heteroatoms. The predicted molar refractivity (Wildman–Crippen MR) is 79.1 cm³/mol. The smallest absolute Gasteiger partial charge is 0.382 e. The average Bonchev–Trinajstić information content (AvgIpc) is 2.49. The van der Waals surface area contributed by atoms with Crippen LogP contribution in [-0.4, -0.2) is 32.0 Å². The van der Waals surface area contributed by atoms with Crippen molar-refractivity contribution in [3.63, 3.8) is 0 Å². The van der Waals surface area contributed by atoms with Gasteiger partial charge in [-0.1, -0.05) is 12.1 Å². The fraction of sp³-hybridized carbons (Fsp3) is 0.533. The summed E-state index contributed by atoms with van der Waals surface area (Å²) in [7, 11) is 0. The summed E-state index contributed by atoms with van der Waals surface area (Å²) in [5.74, 6) is 0. The summed E-state index contributed by atoms with van der Waals surface area (Å²) >= 11 is 0. The summed E-state index contributed by atoms with van der Waals surface area (Å²) < 4.78 is 55.4. The molecule has 0 saturated heterocycles. The van der Waals surface area contributed by atoms with Gasteiger partial charge in [-0.05, 0) is 37.5 Å². The van der Waals surface area contributed by atoms with E-state index in [0.29, 0.717) is 26.2 Å². The van der Waals surface area contributed by atoms with Gasteiger partial charge in [0.15, 0.2) is 0 Å². The number of halogens is 4. The van der Waals surface area contributed by atoms with Crippen LogP contribution in [0.1, 0.15) is 31.5 Å². The first-order chi connectivity index (χ1) is 10.8. The first-order valence-electron chi connectivity index (χ1n) is 7.28. The summed E-state index contributed by atoms with van der Waals surface area (Å²) in [6.07, 6.45) is -6.54. The Morgan fingerprint density at radius 2 is 2.04 bits per heavy atom. The predicted octanol–water partition coefficient (Wildman–Crippen LogP) is 4.20. The molecule has 1 atom stereocenters. The Kier molecular flexibility index (Phi) is 7.80. The molecular weight excluding hydrogens is 316 g/mol. The van der Waals surface area contributed by atoms with Gasteiger partial charge in [0.2, 0.25) is 6.17 Å². The van der Waals surface area contributed by atoms with Crippen molar-refractivity contribution >= 4 is 11.7 Å². The summed E-state index contributed by atoms with van der Waals surface area (Å²) in [5, 5.41) is 4.94. The molecule has 0 aliphatic rings. The van der Waals surface area contributed by atoms with Crippen molar-refractivity contribution in [2.75, 3.05) is 25.1 Å².